The van der Waals surface area contributed by atoms with E-state index in [-0.39, 0.29) is 15.5 Å². The largest absolute Gasteiger partial charge is 0.305 e. The standard InChI is InChI=1S/C21H24ClN5O3S/c1-3-27(4-2)31(29,30)17-5-6-19(22)18(15-17)21(28)24-20-10-14-26(25-20)13-9-16-7-11-23-12-8-16/h5-8,10-12,14-15H,3-4,9,13H2,1-2H3,(H,24,25,28). The summed E-state index contributed by atoms with van der Waals surface area (Å²) in [7, 11) is -3.71. The summed E-state index contributed by atoms with van der Waals surface area (Å²) in [6.45, 7) is 4.82. The van der Waals surface area contributed by atoms with Crippen LogP contribution in [0.4, 0.5) is 5.82 Å². The van der Waals surface area contributed by atoms with E-state index in [1.54, 1.807) is 43.2 Å². The molecule has 0 unspecified atom stereocenters. The summed E-state index contributed by atoms with van der Waals surface area (Å²) in [5.41, 5.74) is 1.20. The summed E-state index contributed by atoms with van der Waals surface area (Å²) in [6, 6.07) is 9.67. The van der Waals surface area contributed by atoms with Crippen LogP contribution in [0.5, 0.6) is 0 Å². The number of amides is 1. The number of rotatable bonds is 9. The van der Waals surface area contributed by atoms with Crippen LogP contribution in [0, 0.1) is 0 Å². The number of hydrogen-bond donors (Lipinski definition) is 1. The van der Waals surface area contributed by atoms with Gasteiger partial charge in [-0.05, 0) is 42.3 Å². The molecule has 0 aliphatic heterocycles. The van der Waals surface area contributed by atoms with Gasteiger partial charge in [-0.25, -0.2) is 8.42 Å². The summed E-state index contributed by atoms with van der Waals surface area (Å²) in [5.74, 6) is -0.172. The van der Waals surface area contributed by atoms with Gasteiger partial charge in [0.15, 0.2) is 5.82 Å². The van der Waals surface area contributed by atoms with Gasteiger partial charge in [0, 0.05) is 44.3 Å². The van der Waals surface area contributed by atoms with Crippen molar-refractivity contribution in [1.29, 1.82) is 0 Å². The number of pyridine rings is 1. The van der Waals surface area contributed by atoms with Crippen molar-refractivity contribution in [2.45, 2.75) is 31.7 Å². The number of carbonyl (C=O) groups excluding carboxylic acids is 1. The number of aryl methyl sites for hydroxylation is 2. The quantitative estimate of drug-likeness (QED) is 0.526. The van der Waals surface area contributed by atoms with Crippen LogP contribution in [0.1, 0.15) is 29.8 Å². The lowest BCUT2D eigenvalue weighted by Gasteiger charge is -2.19. The fraction of sp³-hybridized carbons (Fsp3) is 0.286. The van der Waals surface area contributed by atoms with Gasteiger partial charge in [-0.1, -0.05) is 25.4 Å². The van der Waals surface area contributed by atoms with Crippen LogP contribution in [-0.2, 0) is 23.0 Å². The van der Waals surface area contributed by atoms with Gasteiger partial charge in [0.1, 0.15) is 0 Å². The van der Waals surface area contributed by atoms with Crippen molar-refractivity contribution in [1.82, 2.24) is 19.1 Å². The van der Waals surface area contributed by atoms with Gasteiger partial charge in [-0.15, -0.1) is 0 Å². The monoisotopic (exact) mass is 461 g/mol. The van der Waals surface area contributed by atoms with Crippen molar-refractivity contribution < 1.29 is 13.2 Å². The van der Waals surface area contributed by atoms with Crippen LogP contribution in [0.3, 0.4) is 0 Å². The Kier molecular flexibility index (Phi) is 7.42. The first-order valence-corrected chi connectivity index (χ1v) is 11.7. The number of nitrogens with one attached hydrogen (secondary N) is 1. The van der Waals surface area contributed by atoms with E-state index < -0.39 is 15.9 Å². The Labute approximate surface area is 186 Å². The zero-order valence-electron chi connectivity index (χ0n) is 17.3. The van der Waals surface area contributed by atoms with Gasteiger partial charge in [-0.3, -0.25) is 14.5 Å². The molecule has 0 saturated carbocycles. The van der Waals surface area contributed by atoms with E-state index in [2.05, 4.69) is 15.4 Å². The highest BCUT2D eigenvalue weighted by molar-refractivity contribution is 7.89. The molecule has 0 radical (unpaired) electrons. The van der Waals surface area contributed by atoms with Crippen LogP contribution in [0.15, 0.2) is 59.9 Å². The number of nitrogens with zero attached hydrogens (tertiary/aromatic N) is 4. The van der Waals surface area contributed by atoms with E-state index in [1.165, 1.54) is 22.5 Å². The Morgan fingerprint density at radius 2 is 1.84 bits per heavy atom. The molecule has 0 spiro atoms. The normalized spacial score (nSPS) is 11.6. The van der Waals surface area contributed by atoms with Crippen LogP contribution in [0.25, 0.3) is 0 Å². The molecule has 0 aliphatic carbocycles. The van der Waals surface area contributed by atoms with E-state index in [0.29, 0.717) is 25.5 Å². The third-order valence-corrected chi connectivity index (χ3v) is 7.16. The molecule has 3 aromatic rings. The molecule has 0 atom stereocenters. The molecule has 0 saturated heterocycles. The van der Waals surface area contributed by atoms with Gasteiger partial charge < -0.3 is 5.32 Å². The molecule has 3 rings (SSSR count). The number of carbonyl (C=O) groups is 1. The summed E-state index contributed by atoms with van der Waals surface area (Å²) in [5, 5.41) is 7.19. The van der Waals surface area contributed by atoms with E-state index in [0.717, 1.165) is 12.0 Å². The molecular formula is C21H24ClN5O3S. The third kappa shape index (κ3) is 5.49. The molecule has 1 N–H and O–H groups in total. The second-order valence-electron chi connectivity index (χ2n) is 6.75. The number of benzene rings is 1. The predicted molar refractivity (Wildman–Crippen MR) is 120 cm³/mol. The molecule has 1 amide bonds. The van der Waals surface area contributed by atoms with Gasteiger partial charge in [0.25, 0.3) is 5.91 Å². The Hall–Kier alpha value is -2.75. The van der Waals surface area contributed by atoms with E-state index in [9.17, 15) is 13.2 Å². The molecule has 1 aromatic carbocycles. The topological polar surface area (TPSA) is 97.2 Å². The number of anilines is 1. The van der Waals surface area contributed by atoms with Crippen molar-refractivity contribution in [3.05, 3.63) is 71.1 Å². The van der Waals surface area contributed by atoms with Crippen LogP contribution < -0.4 is 5.32 Å². The molecule has 164 valence electrons. The van der Waals surface area contributed by atoms with Crippen molar-refractivity contribution in [2.24, 2.45) is 0 Å². The molecule has 10 heteroatoms. The van der Waals surface area contributed by atoms with E-state index in [4.69, 9.17) is 11.6 Å². The zero-order valence-corrected chi connectivity index (χ0v) is 18.9. The average molecular weight is 462 g/mol. The molecule has 8 nitrogen and oxygen atoms in total. The average Bonchev–Trinajstić information content (AvgIpc) is 3.21. The van der Waals surface area contributed by atoms with Gasteiger partial charge >= 0.3 is 0 Å². The predicted octanol–water partition coefficient (Wildman–Crippen LogP) is 3.46. The Morgan fingerprint density at radius 1 is 1.13 bits per heavy atom. The first kappa shape index (κ1) is 22.9. The minimum atomic E-state index is -3.71. The lowest BCUT2D eigenvalue weighted by atomic mass is 10.2. The SMILES string of the molecule is CCN(CC)S(=O)(=O)c1ccc(Cl)c(C(=O)Nc2ccn(CCc3ccncc3)n2)c1. The van der Waals surface area contributed by atoms with E-state index in [1.807, 2.05) is 12.1 Å². The number of sulfonamides is 1. The summed E-state index contributed by atoms with van der Waals surface area (Å²) in [6.07, 6.45) is 6.01. The molecular weight excluding hydrogens is 438 g/mol. The summed E-state index contributed by atoms with van der Waals surface area (Å²) >= 11 is 6.18. The van der Waals surface area contributed by atoms with Crippen molar-refractivity contribution >= 4 is 33.3 Å². The Balaban J connectivity index is 1.73. The fourth-order valence-corrected chi connectivity index (χ4v) is 4.77. The van der Waals surface area contributed by atoms with Crippen molar-refractivity contribution in [2.75, 3.05) is 18.4 Å². The molecule has 2 heterocycles. The summed E-state index contributed by atoms with van der Waals surface area (Å²) in [4.78, 5) is 16.8. The maximum Gasteiger partial charge on any atom is 0.258 e. The van der Waals surface area contributed by atoms with E-state index >= 15 is 0 Å². The van der Waals surface area contributed by atoms with Gasteiger partial charge in [0.05, 0.1) is 15.5 Å². The second kappa shape index (κ2) is 10.0. The molecule has 0 bridgehead atoms. The van der Waals surface area contributed by atoms with Crippen LogP contribution in [-0.4, -0.2) is 46.5 Å². The lowest BCUT2D eigenvalue weighted by molar-refractivity contribution is 0.102. The molecule has 0 aliphatic rings. The number of hydrogen-bond acceptors (Lipinski definition) is 5. The zero-order chi connectivity index (χ0) is 22.4. The Morgan fingerprint density at radius 3 is 2.52 bits per heavy atom. The summed E-state index contributed by atoms with van der Waals surface area (Å²) < 4.78 is 28.6. The lowest BCUT2D eigenvalue weighted by Crippen LogP contribution is -2.30. The minimum Gasteiger partial charge on any atom is -0.305 e. The first-order valence-electron chi connectivity index (χ1n) is 9.88. The van der Waals surface area contributed by atoms with Crippen LogP contribution in [0.2, 0.25) is 5.02 Å². The molecule has 2 aromatic heterocycles. The highest BCUT2D eigenvalue weighted by atomic mass is 35.5. The highest BCUT2D eigenvalue weighted by Crippen LogP contribution is 2.24. The van der Waals surface area contributed by atoms with Crippen molar-refractivity contribution in [3.63, 3.8) is 0 Å². The maximum absolute atomic E-state index is 12.8. The third-order valence-electron chi connectivity index (χ3n) is 4.79. The van der Waals surface area contributed by atoms with Crippen molar-refractivity contribution in [3.8, 4) is 0 Å². The van der Waals surface area contributed by atoms with Crippen LogP contribution >= 0.6 is 11.6 Å². The first-order chi connectivity index (χ1) is 14.8. The second-order valence-corrected chi connectivity index (χ2v) is 9.10. The fourth-order valence-electron chi connectivity index (χ4n) is 3.08. The van der Waals surface area contributed by atoms with Gasteiger partial charge in [0.2, 0.25) is 10.0 Å². The smallest absolute Gasteiger partial charge is 0.258 e. The molecule has 0 fully saturated rings. The Bertz CT molecular complexity index is 1140. The maximum atomic E-state index is 12.8. The minimum absolute atomic E-state index is 0.0219. The molecule has 31 heavy (non-hydrogen) atoms. The number of halogens is 1. The highest BCUT2D eigenvalue weighted by Gasteiger charge is 2.24. The number of aromatic nitrogens is 3. The van der Waals surface area contributed by atoms with Gasteiger partial charge in [-0.2, -0.15) is 9.40 Å².